The van der Waals surface area contributed by atoms with Crippen molar-refractivity contribution in [3.8, 4) is 23.0 Å². The maximum absolute atomic E-state index is 6.19. The highest BCUT2D eigenvalue weighted by Crippen LogP contribution is 2.48. The van der Waals surface area contributed by atoms with E-state index in [4.69, 9.17) is 9.47 Å². The third-order valence-corrected chi connectivity index (χ3v) is 7.87. The Kier molecular flexibility index (Phi) is 7.62. The van der Waals surface area contributed by atoms with Gasteiger partial charge in [-0.1, -0.05) is 115 Å². The van der Waals surface area contributed by atoms with Crippen LogP contribution in [0.3, 0.4) is 0 Å². The highest BCUT2D eigenvalue weighted by molar-refractivity contribution is 5.64. The maximum atomic E-state index is 6.19. The third kappa shape index (κ3) is 5.44. The Morgan fingerprint density at radius 2 is 1.00 bits per heavy atom. The molecule has 6 rings (SSSR count). The molecule has 0 radical (unpaired) electrons. The van der Waals surface area contributed by atoms with Gasteiger partial charge in [0, 0.05) is 0 Å². The lowest BCUT2D eigenvalue weighted by Gasteiger charge is -2.38. The van der Waals surface area contributed by atoms with Gasteiger partial charge >= 0.3 is 0 Å². The van der Waals surface area contributed by atoms with Gasteiger partial charge in [0.15, 0.2) is 0 Å². The fraction of sp³-hybridized carbons (Fsp3) is 0.100. The van der Waals surface area contributed by atoms with E-state index < -0.39 is 5.41 Å². The van der Waals surface area contributed by atoms with E-state index in [1.54, 1.807) is 0 Å². The molecule has 5 aromatic rings. The van der Waals surface area contributed by atoms with Gasteiger partial charge in [-0.15, -0.1) is 0 Å². The van der Waals surface area contributed by atoms with Crippen LogP contribution in [0, 0.1) is 13.8 Å². The first kappa shape index (κ1) is 27.1. The van der Waals surface area contributed by atoms with Crippen LogP contribution in [-0.2, 0) is 11.8 Å². The Morgan fingerprint density at radius 3 is 1.50 bits per heavy atom. The van der Waals surface area contributed by atoms with Crippen LogP contribution < -0.4 is 9.47 Å². The van der Waals surface area contributed by atoms with Crippen molar-refractivity contribution < 1.29 is 9.47 Å². The topological polar surface area (TPSA) is 18.5 Å². The Hall–Kier alpha value is -5.08. The molecule has 2 heteroatoms. The largest absolute Gasteiger partial charge is 0.457 e. The summed E-state index contributed by atoms with van der Waals surface area (Å²) in [6, 6.07) is 41.8. The minimum Gasteiger partial charge on any atom is -0.457 e. The summed E-state index contributed by atoms with van der Waals surface area (Å²) < 4.78 is 12.4. The summed E-state index contributed by atoms with van der Waals surface area (Å²) in [6.45, 7) is 8.83. The lowest BCUT2D eigenvalue weighted by atomic mass is 9.63. The van der Waals surface area contributed by atoms with E-state index >= 15 is 0 Å². The smallest absolute Gasteiger partial charge is 0.127 e. The van der Waals surface area contributed by atoms with Crippen molar-refractivity contribution in [2.24, 2.45) is 0 Å². The summed E-state index contributed by atoms with van der Waals surface area (Å²) in [6.07, 6.45) is 9.36. The van der Waals surface area contributed by atoms with Crippen molar-refractivity contribution in [1.82, 2.24) is 0 Å². The van der Waals surface area contributed by atoms with Gasteiger partial charge in [0.1, 0.15) is 23.0 Å². The quantitative estimate of drug-likeness (QED) is 0.211. The van der Waals surface area contributed by atoms with E-state index in [0.717, 1.165) is 46.1 Å². The second-order valence-electron chi connectivity index (χ2n) is 10.8. The molecule has 206 valence electrons. The number of ether oxygens (including phenoxy) is 2. The van der Waals surface area contributed by atoms with Gasteiger partial charge < -0.3 is 9.47 Å². The van der Waals surface area contributed by atoms with Crippen molar-refractivity contribution in [3.05, 3.63) is 191 Å². The minimum absolute atomic E-state index is 0.621. The van der Waals surface area contributed by atoms with Crippen LogP contribution in [-0.4, -0.2) is 0 Å². The third-order valence-electron chi connectivity index (χ3n) is 7.87. The Bertz CT molecular complexity index is 1650. The highest BCUT2D eigenvalue weighted by Gasteiger charge is 2.40. The Labute approximate surface area is 248 Å². The Morgan fingerprint density at radius 1 is 0.548 bits per heavy atom. The molecule has 42 heavy (non-hydrogen) atoms. The van der Waals surface area contributed by atoms with Gasteiger partial charge in [-0.2, -0.15) is 0 Å². The highest BCUT2D eigenvalue weighted by atomic mass is 16.5. The molecule has 0 fully saturated rings. The monoisotopic (exact) mass is 546 g/mol. The molecule has 1 aliphatic carbocycles. The average molecular weight is 547 g/mol. The van der Waals surface area contributed by atoms with Gasteiger partial charge in [-0.3, -0.25) is 0 Å². The zero-order valence-electron chi connectivity index (χ0n) is 24.1. The Balaban J connectivity index is 1.46. The van der Waals surface area contributed by atoms with Crippen LogP contribution in [0.2, 0.25) is 0 Å². The minimum atomic E-state index is -0.621. The zero-order chi connectivity index (χ0) is 28.9. The van der Waals surface area contributed by atoms with Gasteiger partial charge in [-0.05, 0) is 96.6 Å². The van der Waals surface area contributed by atoms with E-state index in [1.165, 1.54) is 22.3 Å². The van der Waals surface area contributed by atoms with Gasteiger partial charge in [0.2, 0.25) is 0 Å². The molecule has 5 aromatic carbocycles. The lowest BCUT2D eigenvalue weighted by Crippen LogP contribution is -2.32. The van der Waals surface area contributed by atoms with Crippen molar-refractivity contribution in [3.63, 3.8) is 0 Å². The summed E-state index contributed by atoms with van der Waals surface area (Å²) in [4.78, 5) is 0. The number of hydrogen-bond donors (Lipinski definition) is 0. The van der Waals surface area contributed by atoms with E-state index in [2.05, 4.69) is 142 Å². The molecule has 0 heterocycles. The van der Waals surface area contributed by atoms with Crippen LogP contribution in [0.25, 0.3) is 0 Å². The van der Waals surface area contributed by atoms with E-state index in [0.29, 0.717) is 0 Å². The predicted molar refractivity (Wildman–Crippen MR) is 173 cm³/mol. The van der Waals surface area contributed by atoms with Gasteiger partial charge in [0.25, 0.3) is 0 Å². The molecular formula is C40H34O2. The van der Waals surface area contributed by atoms with E-state index in [1.807, 2.05) is 24.3 Å². The molecule has 0 N–H and O–H groups in total. The normalized spacial score (nSPS) is 15.4. The second-order valence-corrected chi connectivity index (χ2v) is 10.8. The maximum Gasteiger partial charge on any atom is 0.127 e. The lowest BCUT2D eigenvalue weighted by molar-refractivity contribution is 0.481. The number of benzene rings is 5. The number of hydrogen-bond acceptors (Lipinski definition) is 2. The average Bonchev–Trinajstić information content (AvgIpc) is 3.08. The molecule has 0 saturated heterocycles. The van der Waals surface area contributed by atoms with Crippen LogP contribution in [0.1, 0.15) is 33.4 Å². The van der Waals surface area contributed by atoms with Crippen LogP contribution in [0.4, 0.5) is 0 Å². The summed E-state index contributed by atoms with van der Waals surface area (Å²) in [7, 11) is 0. The molecular weight excluding hydrogens is 512 g/mol. The number of rotatable bonds is 6. The molecule has 0 saturated carbocycles. The standard InChI is InChI=1S/C40H34O2/c1-29-13-21-35(22-14-29)41-37-25-17-33(18-26-37)40(31(3)9-5-4-6-10-32-11-7-8-12-39(32)40)34-19-27-38(28-20-34)42-36-23-15-30(2)16-24-36/h4-9,11-28H,3,10H2,1-2H3/b6-4-,9-5-. The number of fused-ring (bicyclic) bond motifs is 1. The summed E-state index contributed by atoms with van der Waals surface area (Å²) >= 11 is 0. The van der Waals surface area contributed by atoms with E-state index in [-0.39, 0.29) is 0 Å². The number of aryl methyl sites for hydroxylation is 2. The first-order valence-electron chi connectivity index (χ1n) is 14.3. The van der Waals surface area contributed by atoms with Crippen LogP contribution >= 0.6 is 0 Å². The summed E-state index contributed by atoms with van der Waals surface area (Å²) in [5.74, 6) is 3.22. The number of allylic oxidation sites excluding steroid dienone is 5. The molecule has 0 unspecified atom stereocenters. The molecule has 0 bridgehead atoms. The fourth-order valence-electron chi connectivity index (χ4n) is 5.69. The van der Waals surface area contributed by atoms with Gasteiger partial charge in [-0.25, -0.2) is 0 Å². The van der Waals surface area contributed by atoms with Crippen molar-refractivity contribution in [2.75, 3.05) is 0 Å². The van der Waals surface area contributed by atoms with E-state index in [9.17, 15) is 0 Å². The van der Waals surface area contributed by atoms with Crippen molar-refractivity contribution >= 4 is 0 Å². The van der Waals surface area contributed by atoms with Crippen molar-refractivity contribution in [1.29, 1.82) is 0 Å². The van der Waals surface area contributed by atoms with Crippen molar-refractivity contribution in [2.45, 2.75) is 25.7 Å². The molecule has 0 spiro atoms. The summed E-state index contributed by atoms with van der Waals surface area (Å²) in [5, 5.41) is 0. The first-order valence-corrected chi connectivity index (χ1v) is 14.3. The van der Waals surface area contributed by atoms with Crippen LogP contribution in [0.5, 0.6) is 23.0 Å². The first-order chi connectivity index (χ1) is 20.5. The van der Waals surface area contributed by atoms with Crippen LogP contribution in [0.15, 0.2) is 158 Å². The molecule has 1 aliphatic rings. The molecule has 0 amide bonds. The SMILES string of the molecule is C=C1/C=C\C=C/Cc2ccccc2C1(c1ccc(Oc2ccc(C)cc2)cc1)c1ccc(Oc2ccc(C)cc2)cc1. The molecule has 0 aliphatic heterocycles. The second kappa shape index (κ2) is 11.8. The molecule has 0 atom stereocenters. The predicted octanol–water partition coefficient (Wildman–Crippen LogP) is 10.4. The summed E-state index contributed by atoms with van der Waals surface area (Å²) in [5.41, 5.74) is 7.49. The van der Waals surface area contributed by atoms with Gasteiger partial charge in [0.05, 0.1) is 5.41 Å². The molecule has 2 nitrogen and oxygen atoms in total. The zero-order valence-corrected chi connectivity index (χ0v) is 24.1. The fourth-order valence-corrected chi connectivity index (χ4v) is 5.69. The molecule has 0 aromatic heterocycles.